The van der Waals surface area contributed by atoms with Crippen LogP contribution in [0, 0.1) is 6.92 Å². The lowest BCUT2D eigenvalue weighted by Gasteiger charge is -2.34. The van der Waals surface area contributed by atoms with E-state index in [1.807, 2.05) is 6.92 Å². The van der Waals surface area contributed by atoms with Crippen molar-refractivity contribution in [1.82, 2.24) is 0 Å². The number of nitrogens with zero attached hydrogens (tertiary/aromatic N) is 1. The van der Waals surface area contributed by atoms with E-state index in [0.29, 0.717) is 41.8 Å². The van der Waals surface area contributed by atoms with E-state index in [0.717, 1.165) is 11.8 Å². The Balaban J connectivity index is 1.57. The van der Waals surface area contributed by atoms with E-state index in [1.54, 1.807) is 36.4 Å². The van der Waals surface area contributed by atoms with Gasteiger partial charge in [-0.1, -0.05) is 6.07 Å². The Morgan fingerprint density at radius 1 is 1.07 bits per heavy atom. The Kier molecular flexibility index (Phi) is 4.54. The average Bonchev–Trinajstić information content (AvgIpc) is 2.66. The fourth-order valence-corrected chi connectivity index (χ4v) is 4.06. The minimum absolute atomic E-state index is 0.105. The second kappa shape index (κ2) is 6.90. The number of carbonyl (C=O) groups excluding carboxylic acids is 1. The number of rotatable bonds is 3. The molecule has 1 N–H and O–H groups in total. The van der Waals surface area contributed by atoms with Crippen LogP contribution in [-0.2, 0) is 14.8 Å². The molecular weight excluding hydrogens is 384 g/mol. The van der Waals surface area contributed by atoms with Gasteiger partial charge in [-0.3, -0.25) is 9.10 Å². The molecule has 9 heteroatoms. The molecule has 0 saturated heterocycles. The molecule has 1 unspecified atom stereocenters. The molecular formula is C19H20N2O6S. The summed E-state index contributed by atoms with van der Waals surface area (Å²) in [6, 6.07) is 10.3. The minimum atomic E-state index is -3.57. The monoisotopic (exact) mass is 404 g/mol. The third kappa shape index (κ3) is 3.57. The van der Waals surface area contributed by atoms with Crippen molar-refractivity contribution in [3.05, 3.63) is 42.0 Å². The number of benzene rings is 2. The van der Waals surface area contributed by atoms with Crippen LogP contribution in [0.1, 0.15) is 5.56 Å². The molecule has 0 saturated carbocycles. The first-order valence-electron chi connectivity index (χ1n) is 8.77. The fourth-order valence-electron chi connectivity index (χ4n) is 3.16. The highest BCUT2D eigenvalue weighted by molar-refractivity contribution is 7.92. The largest absolute Gasteiger partial charge is 0.486 e. The zero-order valence-corrected chi connectivity index (χ0v) is 16.3. The van der Waals surface area contributed by atoms with Gasteiger partial charge in [0.05, 0.1) is 18.5 Å². The lowest BCUT2D eigenvalue weighted by atomic mass is 10.1. The van der Waals surface area contributed by atoms with E-state index in [1.165, 1.54) is 4.31 Å². The van der Waals surface area contributed by atoms with Crippen LogP contribution in [0.5, 0.6) is 17.2 Å². The highest BCUT2D eigenvalue weighted by Crippen LogP contribution is 2.36. The van der Waals surface area contributed by atoms with Gasteiger partial charge in [0.15, 0.2) is 17.6 Å². The molecule has 8 nitrogen and oxygen atoms in total. The smallest absolute Gasteiger partial charge is 0.267 e. The number of hydrogen-bond donors (Lipinski definition) is 1. The summed E-state index contributed by atoms with van der Waals surface area (Å²) < 4.78 is 42.5. The van der Waals surface area contributed by atoms with Gasteiger partial charge in [-0.2, -0.15) is 0 Å². The number of aryl methyl sites for hydroxylation is 1. The van der Waals surface area contributed by atoms with Gasteiger partial charge in [0.25, 0.3) is 5.91 Å². The number of nitrogens with one attached hydrogen (secondary N) is 1. The van der Waals surface area contributed by atoms with Gasteiger partial charge in [-0.25, -0.2) is 8.42 Å². The highest BCUT2D eigenvalue weighted by Gasteiger charge is 2.35. The van der Waals surface area contributed by atoms with Gasteiger partial charge < -0.3 is 19.5 Å². The third-order valence-electron chi connectivity index (χ3n) is 4.49. The van der Waals surface area contributed by atoms with E-state index in [2.05, 4.69) is 5.32 Å². The number of fused-ring (bicyclic) bond motifs is 2. The fraction of sp³-hybridized carbons (Fsp3) is 0.316. The molecule has 2 aliphatic rings. The summed E-state index contributed by atoms with van der Waals surface area (Å²) in [5.74, 6) is 1.07. The third-order valence-corrected chi connectivity index (χ3v) is 5.63. The molecule has 0 fully saturated rings. The number of anilines is 2. The van der Waals surface area contributed by atoms with Crippen molar-refractivity contribution >= 4 is 27.3 Å². The zero-order valence-electron chi connectivity index (χ0n) is 15.5. The Hall–Kier alpha value is -2.94. The predicted molar refractivity (Wildman–Crippen MR) is 104 cm³/mol. The number of hydrogen-bond acceptors (Lipinski definition) is 6. The SMILES string of the molecule is Cc1ccc2c(c1)N(S(C)(=O)=O)CC(C(=O)Nc1ccc3c(c1)OCCO3)O2. The normalized spacial score (nSPS) is 18.1. The second-order valence-corrected chi connectivity index (χ2v) is 8.63. The second-order valence-electron chi connectivity index (χ2n) is 6.72. The molecule has 2 aromatic carbocycles. The molecule has 0 spiro atoms. The van der Waals surface area contributed by atoms with E-state index in [-0.39, 0.29) is 6.54 Å². The van der Waals surface area contributed by atoms with Gasteiger partial charge in [0, 0.05) is 11.8 Å². The van der Waals surface area contributed by atoms with Crippen molar-refractivity contribution in [1.29, 1.82) is 0 Å². The summed E-state index contributed by atoms with van der Waals surface area (Å²) in [4.78, 5) is 12.8. The summed E-state index contributed by atoms with van der Waals surface area (Å²) in [5.41, 5.74) is 1.85. The molecule has 148 valence electrons. The Bertz CT molecular complexity index is 1040. The van der Waals surface area contributed by atoms with E-state index in [4.69, 9.17) is 14.2 Å². The average molecular weight is 404 g/mol. The van der Waals surface area contributed by atoms with Crippen LogP contribution in [0.15, 0.2) is 36.4 Å². The highest BCUT2D eigenvalue weighted by atomic mass is 32.2. The number of sulfonamides is 1. The lowest BCUT2D eigenvalue weighted by molar-refractivity contribution is -0.122. The molecule has 2 aliphatic heterocycles. The van der Waals surface area contributed by atoms with E-state index < -0.39 is 22.0 Å². The quantitative estimate of drug-likeness (QED) is 0.840. The van der Waals surface area contributed by atoms with E-state index >= 15 is 0 Å². The van der Waals surface area contributed by atoms with E-state index in [9.17, 15) is 13.2 Å². The van der Waals surface area contributed by atoms with Crippen molar-refractivity contribution < 1.29 is 27.4 Å². The minimum Gasteiger partial charge on any atom is -0.486 e. The van der Waals surface area contributed by atoms with Crippen LogP contribution in [-0.4, -0.2) is 46.4 Å². The van der Waals surface area contributed by atoms with Crippen molar-refractivity contribution in [2.75, 3.05) is 35.6 Å². The molecule has 2 heterocycles. The molecule has 0 bridgehead atoms. The molecule has 4 rings (SSSR count). The summed E-state index contributed by atoms with van der Waals surface area (Å²) in [5, 5.41) is 2.75. The maximum Gasteiger partial charge on any atom is 0.267 e. The molecule has 28 heavy (non-hydrogen) atoms. The summed E-state index contributed by atoms with van der Waals surface area (Å²) in [7, 11) is -3.57. The summed E-state index contributed by atoms with van der Waals surface area (Å²) >= 11 is 0. The van der Waals surface area contributed by atoms with Crippen molar-refractivity contribution in [2.24, 2.45) is 0 Å². The molecule has 0 aromatic heterocycles. The number of amides is 1. The number of ether oxygens (including phenoxy) is 3. The molecule has 0 radical (unpaired) electrons. The van der Waals surface area contributed by atoms with Crippen molar-refractivity contribution in [2.45, 2.75) is 13.0 Å². The first kappa shape index (κ1) is 18.4. The number of carbonyl (C=O) groups is 1. The first-order chi connectivity index (χ1) is 13.3. The van der Waals surface area contributed by atoms with Crippen LogP contribution in [0.2, 0.25) is 0 Å². The molecule has 2 aromatic rings. The maximum atomic E-state index is 12.8. The first-order valence-corrected chi connectivity index (χ1v) is 10.6. The van der Waals surface area contributed by atoms with Gasteiger partial charge in [-0.15, -0.1) is 0 Å². The van der Waals surface area contributed by atoms with Gasteiger partial charge in [-0.05, 0) is 36.8 Å². The molecule has 0 aliphatic carbocycles. The Morgan fingerprint density at radius 2 is 1.79 bits per heavy atom. The van der Waals surface area contributed by atoms with Crippen LogP contribution in [0.3, 0.4) is 0 Å². The molecule has 1 atom stereocenters. The Morgan fingerprint density at radius 3 is 2.54 bits per heavy atom. The van der Waals surface area contributed by atoms with Gasteiger partial charge >= 0.3 is 0 Å². The Labute approximate surface area is 163 Å². The van der Waals surface area contributed by atoms with Crippen LogP contribution >= 0.6 is 0 Å². The maximum absolute atomic E-state index is 12.8. The molecule has 1 amide bonds. The van der Waals surface area contributed by atoms with Crippen LogP contribution in [0.4, 0.5) is 11.4 Å². The topological polar surface area (TPSA) is 94.2 Å². The standard InChI is InChI=1S/C19H20N2O6S/c1-12-3-5-15-14(9-12)21(28(2,23)24)11-18(27-15)19(22)20-13-4-6-16-17(10-13)26-8-7-25-16/h3-6,9-10,18H,7-8,11H2,1-2H3,(H,20,22). The summed E-state index contributed by atoms with van der Waals surface area (Å²) in [6.07, 6.45) is 0.123. The zero-order chi connectivity index (χ0) is 19.9. The van der Waals surface area contributed by atoms with Gasteiger partial charge in [0.2, 0.25) is 10.0 Å². The predicted octanol–water partition coefficient (Wildman–Crippen LogP) is 1.93. The van der Waals surface area contributed by atoms with Crippen molar-refractivity contribution in [3.8, 4) is 17.2 Å². The van der Waals surface area contributed by atoms with Crippen molar-refractivity contribution in [3.63, 3.8) is 0 Å². The lowest BCUT2D eigenvalue weighted by Crippen LogP contribution is -2.48. The van der Waals surface area contributed by atoms with Gasteiger partial charge in [0.1, 0.15) is 19.0 Å². The van der Waals surface area contributed by atoms with Crippen LogP contribution in [0.25, 0.3) is 0 Å². The summed E-state index contributed by atoms with van der Waals surface area (Å²) in [6.45, 7) is 2.68. The van der Waals surface area contributed by atoms with Crippen LogP contribution < -0.4 is 23.8 Å².